The lowest BCUT2D eigenvalue weighted by Gasteiger charge is -2.27. The molecule has 0 spiro atoms. The summed E-state index contributed by atoms with van der Waals surface area (Å²) >= 11 is 0. The smallest absolute Gasteiger partial charge is 0.231 e. The fourth-order valence-corrected chi connectivity index (χ4v) is 3.12. The highest BCUT2D eigenvalue weighted by Gasteiger charge is 2.31. The highest BCUT2D eigenvalue weighted by Crippen LogP contribution is 2.46. The fraction of sp³-hybridized carbons (Fsp3) is 0.235. The maximum Gasteiger partial charge on any atom is 0.231 e. The van der Waals surface area contributed by atoms with Gasteiger partial charge in [-0.3, -0.25) is 4.79 Å². The van der Waals surface area contributed by atoms with Gasteiger partial charge in [0.15, 0.2) is 11.5 Å². The lowest BCUT2D eigenvalue weighted by atomic mass is 9.83. The first-order valence-electron chi connectivity index (χ1n) is 7.15. The van der Waals surface area contributed by atoms with Crippen molar-refractivity contribution in [3.63, 3.8) is 0 Å². The normalized spacial score (nSPS) is 18.8. The molecule has 2 heterocycles. The molecular weight excluding hydrogens is 282 g/mol. The number of ether oxygens (including phenoxy) is 2. The van der Waals surface area contributed by atoms with Crippen molar-refractivity contribution in [2.45, 2.75) is 19.3 Å². The second kappa shape index (κ2) is 4.66. The first kappa shape index (κ1) is 13.0. The van der Waals surface area contributed by atoms with E-state index in [-0.39, 0.29) is 24.4 Å². The quantitative estimate of drug-likeness (QED) is 0.849. The number of nitrogens with one attached hydrogen (secondary N) is 1. The van der Waals surface area contributed by atoms with Crippen LogP contribution in [0.15, 0.2) is 30.3 Å². The Labute approximate surface area is 127 Å². The Morgan fingerprint density at radius 3 is 2.95 bits per heavy atom. The number of phenols is 1. The van der Waals surface area contributed by atoms with Crippen molar-refractivity contribution in [1.82, 2.24) is 0 Å². The summed E-state index contributed by atoms with van der Waals surface area (Å²) in [7, 11) is 0. The van der Waals surface area contributed by atoms with Crippen molar-refractivity contribution >= 4 is 11.6 Å². The lowest BCUT2D eigenvalue weighted by Crippen LogP contribution is -2.23. The number of rotatable bonds is 1. The molecule has 0 aliphatic carbocycles. The summed E-state index contributed by atoms with van der Waals surface area (Å²) in [5.74, 6) is 1.41. The van der Waals surface area contributed by atoms with E-state index in [1.165, 1.54) is 0 Å². The molecule has 0 radical (unpaired) electrons. The van der Waals surface area contributed by atoms with Crippen molar-refractivity contribution in [3.8, 4) is 17.2 Å². The molecule has 2 aliphatic heterocycles. The molecule has 0 aromatic heterocycles. The van der Waals surface area contributed by atoms with Crippen LogP contribution in [0.5, 0.6) is 17.2 Å². The largest absolute Gasteiger partial charge is 0.508 e. The Balaban J connectivity index is 1.89. The van der Waals surface area contributed by atoms with Crippen LogP contribution in [-0.4, -0.2) is 17.8 Å². The minimum absolute atomic E-state index is 0.0720. The van der Waals surface area contributed by atoms with Gasteiger partial charge in [-0.15, -0.1) is 0 Å². The number of hydrogen-bond acceptors (Lipinski definition) is 4. The van der Waals surface area contributed by atoms with Crippen LogP contribution in [0.2, 0.25) is 0 Å². The number of aromatic hydroxyl groups is 1. The fourth-order valence-electron chi connectivity index (χ4n) is 3.12. The summed E-state index contributed by atoms with van der Waals surface area (Å²) in [6.45, 7) is 2.05. The van der Waals surface area contributed by atoms with E-state index in [2.05, 4.69) is 5.32 Å². The average Bonchev–Trinajstić information content (AvgIpc) is 2.96. The number of carbonyl (C=O) groups is 1. The second-order valence-corrected chi connectivity index (χ2v) is 5.61. The monoisotopic (exact) mass is 297 g/mol. The average molecular weight is 297 g/mol. The number of phenolic OH excluding ortho intramolecular Hbond substituents is 1. The summed E-state index contributed by atoms with van der Waals surface area (Å²) < 4.78 is 11.0. The van der Waals surface area contributed by atoms with Gasteiger partial charge in [-0.05, 0) is 30.2 Å². The summed E-state index contributed by atoms with van der Waals surface area (Å²) in [5.41, 5.74) is 3.36. The second-order valence-electron chi connectivity index (χ2n) is 5.61. The molecule has 5 heteroatoms. The van der Waals surface area contributed by atoms with Gasteiger partial charge in [0.1, 0.15) is 5.75 Å². The van der Waals surface area contributed by atoms with E-state index < -0.39 is 0 Å². The van der Waals surface area contributed by atoms with Crippen LogP contribution in [0.3, 0.4) is 0 Å². The van der Waals surface area contributed by atoms with Crippen LogP contribution in [0.25, 0.3) is 0 Å². The summed E-state index contributed by atoms with van der Waals surface area (Å²) in [6, 6.07) is 9.25. The van der Waals surface area contributed by atoms with Crippen LogP contribution in [-0.2, 0) is 4.79 Å². The minimum Gasteiger partial charge on any atom is -0.508 e. The van der Waals surface area contributed by atoms with Crippen molar-refractivity contribution in [2.24, 2.45) is 0 Å². The van der Waals surface area contributed by atoms with Gasteiger partial charge < -0.3 is 19.9 Å². The van der Waals surface area contributed by atoms with Gasteiger partial charge in [0.05, 0.1) is 0 Å². The molecule has 4 rings (SSSR count). The van der Waals surface area contributed by atoms with Gasteiger partial charge in [0, 0.05) is 29.7 Å². The number of benzene rings is 2. The van der Waals surface area contributed by atoms with Crippen molar-refractivity contribution in [1.29, 1.82) is 0 Å². The van der Waals surface area contributed by atoms with Crippen molar-refractivity contribution < 1.29 is 19.4 Å². The molecule has 5 nitrogen and oxygen atoms in total. The van der Waals surface area contributed by atoms with Crippen LogP contribution >= 0.6 is 0 Å². The van der Waals surface area contributed by atoms with Gasteiger partial charge in [0.2, 0.25) is 12.7 Å². The summed E-state index contributed by atoms with van der Waals surface area (Å²) in [5, 5.41) is 12.7. The number of para-hydroxylation sites is 1. The number of aryl methyl sites for hydroxylation is 1. The van der Waals surface area contributed by atoms with Gasteiger partial charge in [-0.1, -0.05) is 12.1 Å². The van der Waals surface area contributed by atoms with E-state index in [0.29, 0.717) is 23.6 Å². The molecule has 2 aliphatic rings. The van der Waals surface area contributed by atoms with Crippen LogP contribution in [0.1, 0.15) is 29.0 Å². The number of carbonyl (C=O) groups excluding carboxylic acids is 1. The van der Waals surface area contributed by atoms with Gasteiger partial charge in [-0.25, -0.2) is 0 Å². The topological polar surface area (TPSA) is 67.8 Å². The molecular formula is C17H15NO4. The predicted octanol–water partition coefficient (Wildman–Crippen LogP) is 2.90. The Morgan fingerprint density at radius 1 is 1.23 bits per heavy atom. The predicted molar refractivity (Wildman–Crippen MR) is 80.5 cm³/mol. The van der Waals surface area contributed by atoms with E-state index in [0.717, 1.165) is 16.7 Å². The highest BCUT2D eigenvalue weighted by molar-refractivity contribution is 5.96. The van der Waals surface area contributed by atoms with Crippen LogP contribution < -0.4 is 14.8 Å². The van der Waals surface area contributed by atoms with Crippen molar-refractivity contribution in [2.75, 3.05) is 12.1 Å². The van der Waals surface area contributed by atoms with E-state index in [9.17, 15) is 9.90 Å². The van der Waals surface area contributed by atoms with Crippen LogP contribution in [0, 0.1) is 6.92 Å². The molecule has 0 saturated carbocycles. The van der Waals surface area contributed by atoms with Gasteiger partial charge >= 0.3 is 0 Å². The van der Waals surface area contributed by atoms with E-state index >= 15 is 0 Å². The summed E-state index contributed by atoms with van der Waals surface area (Å²) in [4.78, 5) is 12.0. The maximum atomic E-state index is 12.0. The zero-order valence-electron chi connectivity index (χ0n) is 12.1. The molecule has 1 unspecified atom stereocenters. The number of amides is 1. The molecule has 2 aromatic rings. The third-order valence-corrected chi connectivity index (χ3v) is 4.21. The van der Waals surface area contributed by atoms with Crippen LogP contribution in [0.4, 0.5) is 5.69 Å². The number of fused-ring (bicyclic) bond motifs is 2. The molecule has 1 atom stereocenters. The molecule has 0 fully saturated rings. The van der Waals surface area contributed by atoms with Gasteiger partial charge in [-0.2, -0.15) is 0 Å². The van der Waals surface area contributed by atoms with E-state index in [1.807, 2.05) is 31.2 Å². The molecule has 1 amide bonds. The third kappa shape index (κ3) is 1.89. The molecule has 2 N–H and O–H groups in total. The molecule has 112 valence electrons. The Morgan fingerprint density at radius 2 is 2.09 bits per heavy atom. The standard InChI is InChI=1S/C17H15NO4/c1-9-5-12-11(6-16(20)18-13(12)7-14(9)19)10-3-2-4-15-17(10)22-8-21-15/h2-5,7,11,19H,6,8H2,1H3,(H,18,20). The van der Waals surface area contributed by atoms with Gasteiger partial charge in [0.25, 0.3) is 0 Å². The summed E-state index contributed by atoms with van der Waals surface area (Å²) in [6.07, 6.45) is 0.344. The SMILES string of the molecule is Cc1cc2c(cc1O)NC(=O)CC2c1cccc2c1OCO2. The first-order valence-corrected chi connectivity index (χ1v) is 7.15. The zero-order valence-corrected chi connectivity index (χ0v) is 12.1. The minimum atomic E-state index is -0.111. The lowest BCUT2D eigenvalue weighted by molar-refractivity contribution is -0.116. The third-order valence-electron chi connectivity index (χ3n) is 4.21. The Kier molecular flexibility index (Phi) is 2.76. The maximum absolute atomic E-state index is 12.0. The van der Waals surface area contributed by atoms with E-state index in [1.54, 1.807) is 6.07 Å². The Bertz CT molecular complexity index is 784. The highest BCUT2D eigenvalue weighted by atomic mass is 16.7. The number of anilines is 1. The molecule has 0 saturated heterocycles. The zero-order chi connectivity index (χ0) is 15.3. The molecule has 22 heavy (non-hydrogen) atoms. The Hall–Kier alpha value is -2.69. The molecule has 2 aromatic carbocycles. The number of hydrogen-bond donors (Lipinski definition) is 2. The van der Waals surface area contributed by atoms with Crippen molar-refractivity contribution in [3.05, 3.63) is 47.0 Å². The molecule has 0 bridgehead atoms. The van der Waals surface area contributed by atoms with E-state index in [4.69, 9.17) is 9.47 Å². The first-order chi connectivity index (χ1) is 10.6.